The zero-order valence-corrected chi connectivity index (χ0v) is 13.3. The molecule has 9 heteroatoms. The van der Waals surface area contributed by atoms with Gasteiger partial charge in [-0.15, -0.1) is 12.3 Å². The predicted octanol–water partition coefficient (Wildman–Crippen LogP) is 0.388. The van der Waals surface area contributed by atoms with Gasteiger partial charge in [-0.3, -0.25) is 15.0 Å². The first-order valence-electron chi connectivity index (χ1n) is 7.05. The molecule has 1 heterocycles. The Kier molecular flexibility index (Phi) is 5.20. The summed E-state index contributed by atoms with van der Waals surface area (Å²) in [5.41, 5.74) is 0.146. The molecule has 1 aliphatic heterocycles. The maximum Gasteiger partial charge on any atom is 0.293 e. The lowest BCUT2D eigenvalue weighted by Gasteiger charge is -2.35. The van der Waals surface area contributed by atoms with Crippen LogP contribution in [0.25, 0.3) is 0 Å². The molecule has 0 radical (unpaired) electrons. The van der Waals surface area contributed by atoms with E-state index in [0.29, 0.717) is 25.2 Å². The molecule has 1 fully saturated rings. The average Bonchev–Trinajstić information content (AvgIpc) is 2.52. The van der Waals surface area contributed by atoms with Gasteiger partial charge in [0.25, 0.3) is 5.69 Å². The Hall–Kier alpha value is -2.15. The number of hydrogen-bond acceptors (Lipinski definition) is 6. The van der Waals surface area contributed by atoms with E-state index in [1.165, 1.54) is 12.1 Å². The number of piperazine rings is 1. The number of hydrogen-bond donors (Lipinski definition) is 1. The van der Waals surface area contributed by atoms with E-state index in [9.17, 15) is 18.5 Å². The number of primary sulfonamides is 1. The molecule has 1 aromatic carbocycles. The third-order valence-electron chi connectivity index (χ3n) is 3.76. The van der Waals surface area contributed by atoms with Crippen LogP contribution < -0.4 is 10.0 Å². The molecule has 0 saturated carbocycles. The first-order chi connectivity index (χ1) is 10.8. The number of terminal acetylenes is 1. The van der Waals surface area contributed by atoms with Gasteiger partial charge in [-0.05, 0) is 12.1 Å². The van der Waals surface area contributed by atoms with Gasteiger partial charge in [0.05, 0.1) is 9.82 Å². The molecule has 2 N–H and O–H groups in total. The molecule has 1 aromatic rings. The predicted molar refractivity (Wildman–Crippen MR) is 86.6 cm³/mol. The highest BCUT2D eigenvalue weighted by molar-refractivity contribution is 7.89. The zero-order chi connectivity index (χ0) is 17.0. The smallest absolute Gasteiger partial charge is 0.293 e. The number of sulfonamides is 1. The molecule has 8 nitrogen and oxygen atoms in total. The first kappa shape index (κ1) is 17.2. The molecule has 0 spiro atoms. The minimum Gasteiger partial charge on any atom is -0.363 e. The van der Waals surface area contributed by atoms with E-state index in [1.54, 1.807) is 0 Å². The summed E-state index contributed by atoms with van der Waals surface area (Å²) in [6.45, 7) is 3.52. The fourth-order valence-electron chi connectivity index (χ4n) is 2.53. The molecule has 0 unspecified atom stereocenters. The lowest BCUT2D eigenvalue weighted by Crippen LogP contribution is -2.46. The number of nitro groups is 1. The third kappa shape index (κ3) is 4.19. The fourth-order valence-corrected chi connectivity index (χ4v) is 3.06. The summed E-state index contributed by atoms with van der Waals surface area (Å²) in [5, 5.41) is 16.3. The SMILES string of the molecule is C#CCCN1CCN(c2ccc(S(N)(=O)=O)cc2[N+](=O)[O-])CC1. The second-order valence-corrected chi connectivity index (χ2v) is 6.80. The van der Waals surface area contributed by atoms with Crippen LogP contribution in [-0.2, 0) is 10.0 Å². The molecule has 0 bridgehead atoms. The summed E-state index contributed by atoms with van der Waals surface area (Å²) in [6.07, 6.45) is 5.91. The highest BCUT2D eigenvalue weighted by Gasteiger charge is 2.25. The zero-order valence-electron chi connectivity index (χ0n) is 12.5. The van der Waals surface area contributed by atoms with Crippen molar-refractivity contribution in [3.8, 4) is 12.3 Å². The van der Waals surface area contributed by atoms with Gasteiger partial charge in [0.1, 0.15) is 5.69 Å². The molecule has 0 aromatic heterocycles. The maximum absolute atomic E-state index is 11.4. The largest absolute Gasteiger partial charge is 0.363 e. The standard InChI is InChI=1S/C14H18N4O4S/c1-2-3-6-16-7-9-17(10-8-16)13-5-4-12(23(15,21)22)11-14(13)18(19)20/h1,4-5,11H,3,6-10H2,(H2,15,21,22). The van der Waals surface area contributed by atoms with E-state index in [-0.39, 0.29) is 10.6 Å². The molecular weight excluding hydrogens is 320 g/mol. The fraction of sp³-hybridized carbons (Fsp3) is 0.429. The summed E-state index contributed by atoms with van der Waals surface area (Å²) < 4.78 is 22.7. The minimum absolute atomic E-state index is 0.256. The van der Waals surface area contributed by atoms with Crippen molar-refractivity contribution < 1.29 is 13.3 Å². The Labute approximate surface area is 135 Å². The summed E-state index contributed by atoms with van der Waals surface area (Å²) in [5.74, 6) is 2.59. The van der Waals surface area contributed by atoms with Gasteiger partial charge in [0.2, 0.25) is 10.0 Å². The van der Waals surface area contributed by atoms with E-state index in [2.05, 4.69) is 10.8 Å². The summed E-state index contributed by atoms with van der Waals surface area (Å²) in [6, 6.07) is 3.74. The summed E-state index contributed by atoms with van der Waals surface area (Å²) in [7, 11) is -3.98. The molecule has 0 aliphatic carbocycles. The van der Waals surface area contributed by atoms with Crippen molar-refractivity contribution in [3.63, 3.8) is 0 Å². The van der Waals surface area contributed by atoms with Crippen LogP contribution in [0.15, 0.2) is 23.1 Å². The normalized spacial score (nSPS) is 16.1. The van der Waals surface area contributed by atoms with E-state index < -0.39 is 14.9 Å². The van der Waals surface area contributed by atoms with Gasteiger partial charge >= 0.3 is 0 Å². The van der Waals surface area contributed by atoms with Gasteiger partial charge < -0.3 is 4.90 Å². The van der Waals surface area contributed by atoms with Crippen molar-refractivity contribution in [1.29, 1.82) is 0 Å². The monoisotopic (exact) mass is 338 g/mol. The molecule has 1 aliphatic rings. The number of benzene rings is 1. The Morgan fingerprint density at radius 2 is 1.96 bits per heavy atom. The van der Waals surface area contributed by atoms with E-state index in [4.69, 9.17) is 11.6 Å². The molecule has 124 valence electrons. The summed E-state index contributed by atoms with van der Waals surface area (Å²) >= 11 is 0. The number of anilines is 1. The lowest BCUT2D eigenvalue weighted by atomic mass is 10.2. The molecule has 23 heavy (non-hydrogen) atoms. The molecule has 0 amide bonds. The quantitative estimate of drug-likeness (QED) is 0.472. The van der Waals surface area contributed by atoms with Crippen LogP contribution in [0.2, 0.25) is 0 Å². The van der Waals surface area contributed by atoms with Crippen LogP contribution >= 0.6 is 0 Å². The maximum atomic E-state index is 11.4. The van der Waals surface area contributed by atoms with Crippen molar-refractivity contribution >= 4 is 21.4 Å². The van der Waals surface area contributed by atoms with Crippen molar-refractivity contribution in [3.05, 3.63) is 28.3 Å². The van der Waals surface area contributed by atoms with Crippen LogP contribution in [0, 0.1) is 22.5 Å². The van der Waals surface area contributed by atoms with E-state index in [0.717, 1.165) is 25.7 Å². The van der Waals surface area contributed by atoms with E-state index in [1.807, 2.05) is 4.90 Å². The van der Waals surface area contributed by atoms with Crippen molar-refractivity contribution in [1.82, 2.24) is 4.90 Å². The number of nitrogens with zero attached hydrogens (tertiary/aromatic N) is 3. The van der Waals surface area contributed by atoms with Crippen LogP contribution in [0.1, 0.15) is 6.42 Å². The number of nitrogens with two attached hydrogens (primary N) is 1. The van der Waals surface area contributed by atoms with Crippen LogP contribution in [0.5, 0.6) is 0 Å². The Morgan fingerprint density at radius 1 is 1.30 bits per heavy atom. The van der Waals surface area contributed by atoms with Gasteiger partial charge in [-0.1, -0.05) is 0 Å². The van der Waals surface area contributed by atoms with Gasteiger partial charge in [0.15, 0.2) is 0 Å². The highest BCUT2D eigenvalue weighted by Crippen LogP contribution is 2.31. The topological polar surface area (TPSA) is 110 Å². The number of rotatable bonds is 5. The van der Waals surface area contributed by atoms with E-state index >= 15 is 0 Å². The Morgan fingerprint density at radius 3 is 2.48 bits per heavy atom. The Bertz CT molecular complexity index is 734. The molecule has 0 atom stereocenters. The average molecular weight is 338 g/mol. The van der Waals surface area contributed by atoms with Gasteiger partial charge in [-0.2, -0.15) is 0 Å². The minimum atomic E-state index is -3.98. The number of nitro benzene ring substituents is 1. The Balaban J connectivity index is 2.21. The van der Waals surface area contributed by atoms with Gasteiger partial charge in [-0.25, -0.2) is 13.6 Å². The second-order valence-electron chi connectivity index (χ2n) is 5.24. The highest BCUT2D eigenvalue weighted by atomic mass is 32.2. The molecular formula is C14H18N4O4S. The lowest BCUT2D eigenvalue weighted by molar-refractivity contribution is -0.384. The molecule has 1 saturated heterocycles. The van der Waals surface area contributed by atoms with Gasteiger partial charge in [0, 0.05) is 45.2 Å². The third-order valence-corrected chi connectivity index (χ3v) is 4.67. The summed E-state index contributed by atoms with van der Waals surface area (Å²) in [4.78, 5) is 14.5. The van der Waals surface area contributed by atoms with Crippen molar-refractivity contribution in [2.24, 2.45) is 5.14 Å². The van der Waals surface area contributed by atoms with Crippen LogP contribution in [-0.4, -0.2) is 51.0 Å². The van der Waals surface area contributed by atoms with Crippen LogP contribution in [0.4, 0.5) is 11.4 Å². The second kappa shape index (κ2) is 6.95. The molecule has 2 rings (SSSR count). The van der Waals surface area contributed by atoms with Crippen molar-refractivity contribution in [2.45, 2.75) is 11.3 Å². The van der Waals surface area contributed by atoms with Crippen molar-refractivity contribution in [2.75, 3.05) is 37.6 Å². The first-order valence-corrected chi connectivity index (χ1v) is 8.59. The van der Waals surface area contributed by atoms with Crippen LogP contribution in [0.3, 0.4) is 0 Å².